The number of halogens is 2. The molecular weight excluding hydrogens is 307 g/mol. The minimum Gasteiger partial charge on any atom is -0.267 e. The van der Waals surface area contributed by atoms with Crippen LogP contribution in [0, 0.1) is 6.92 Å². The van der Waals surface area contributed by atoms with Crippen molar-refractivity contribution in [3.63, 3.8) is 0 Å². The van der Waals surface area contributed by atoms with E-state index in [1.54, 1.807) is 12.1 Å². The molecule has 0 fully saturated rings. The number of carbonyl (C=O) groups is 1. The Labute approximate surface area is 133 Å². The first-order valence-electron chi connectivity index (χ1n) is 6.34. The fourth-order valence-electron chi connectivity index (χ4n) is 1.73. The predicted molar refractivity (Wildman–Crippen MR) is 87.3 cm³/mol. The summed E-state index contributed by atoms with van der Waals surface area (Å²) in [5.41, 5.74) is 5.66. The van der Waals surface area contributed by atoms with Crippen LogP contribution in [0.2, 0.25) is 10.0 Å². The smallest absolute Gasteiger partial charge is 0.267 e. The number of rotatable bonds is 3. The summed E-state index contributed by atoms with van der Waals surface area (Å²) in [6.45, 7) is 3.84. The van der Waals surface area contributed by atoms with Gasteiger partial charge in [0, 0.05) is 5.02 Å². The summed E-state index contributed by atoms with van der Waals surface area (Å²) in [6.07, 6.45) is 0. The maximum Gasteiger partial charge on any atom is 0.272 e. The zero-order valence-electron chi connectivity index (χ0n) is 11.7. The number of nitrogens with one attached hydrogen (secondary N) is 1. The summed E-state index contributed by atoms with van der Waals surface area (Å²) in [5, 5.41) is 4.87. The SMILES string of the molecule is CC(=NNC(=O)c1ccc(Cl)cc1Cl)c1ccc(C)cc1. The molecule has 2 rings (SSSR count). The van der Waals surface area contributed by atoms with Gasteiger partial charge in [-0.05, 0) is 37.6 Å². The highest BCUT2D eigenvalue weighted by Gasteiger charge is 2.10. The van der Waals surface area contributed by atoms with Gasteiger partial charge in [-0.15, -0.1) is 0 Å². The van der Waals surface area contributed by atoms with Crippen molar-refractivity contribution in [2.75, 3.05) is 0 Å². The molecule has 0 aliphatic heterocycles. The third kappa shape index (κ3) is 4.06. The number of aryl methyl sites for hydroxylation is 1. The maximum absolute atomic E-state index is 12.0. The average Bonchev–Trinajstić information content (AvgIpc) is 2.45. The Kier molecular flexibility index (Phi) is 4.99. The molecule has 0 radical (unpaired) electrons. The normalized spacial score (nSPS) is 11.3. The van der Waals surface area contributed by atoms with Gasteiger partial charge < -0.3 is 0 Å². The zero-order valence-corrected chi connectivity index (χ0v) is 13.2. The van der Waals surface area contributed by atoms with E-state index < -0.39 is 0 Å². The van der Waals surface area contributed by atoms with Crippen molar-refractivity contribution in [1.82, 2.24) is 5.43 Å². The Morgan fingerprint density at radius 1 is 1.10 bits per heavy atom. The fraction of sp³-hybridized carbons (Fsp3) is 0.125. The third-order valence-electron chi connectivity index (χ3n) is 2.97. The number of hydrazone groups is 1. The van der Waals surface area contributed by atoms with Crippen molar-refractivity contribution in [2.24, 2.45) is 5.10 Å². The molecule has 0 atom stereocenters. The molecule has 0 saturated carbocycles. The molecule has 1 amide bonds. The Hall–Kier alpha value is -1.84. The molecule has 0 unspecified atom stereocenters. The van der Waals surface area contributed by atoms with Gasteiger partial charge in [-0.25, -0.2) is 5.43 Å². The lowest BCUT2D eigenvalue weighted by Crippen LogP contribution is -2.19. The van der Waals surface area contributed by atoms with Crippen molar-refractivity contribution in [3.05, 3.63) is 69.2 Å². The average molecular weight is 321 g/mol. The van der Waals surface area contributed by atoms with Gasteiger partial charge in [-0.2, -0.15) is 5.10 Å². The number of carbonyl (C=O) groups excluding carboxylic acids is 1. The summed E-state index contributed by atoms with van der Waals surface area (Å²) < 4.78 is 0. The molecule has 2 aromatic carbocycles. The second kappa shape index (κ2) is 6.74. The minimum absolute atomic E-state index is 0.295. The lowest BCUT2D eigenvalue weighted by molar-refractivity contribution is 0.0955. The van der Waals surface area contributed by atoms with Gasteiger partial charge in [-0.1, -0.05) is 53.0 Å². The molecule has 0 aromatic heterocycles. The van der Waals surface area contributed by atoms with E-state index >= 15 is 0 Å². The van der Waals surface area contributed by atoms with E-state index in [1.807, 2.05) is 38.1 Å². The van der Waals surface area contributed by atoms with Crippen LogP contribution in [-0.2, 0) is 0 Å². The first kappa shape index (κ1) is 15.5. The van der Waals surface area contributed by atoms with Crippen LogP contribution in [0.15, 0.2) is 47.6 Å². The lowest BCUT2D eigenvalue weighted by atomic mass is 10.1. The van der Waals surface area contributed by atoms with Gasteiger partial charge in [0.15, 0.2) is 0 Å². The van der Waals surface area contributed by atoms with E-state index in [1.165, 1.54) is 11.6 Å². The van der Waals surface area contributed by atoms with Gasteiger partial charge in [0.25, 0.3) is 5.91 Å². The predicted octanol–water partition coefficient (Wildman–Crippen LogP) is 4.46. The number of hydrogen-bond acceptors (Lipinski definition) is 2. The van der Waals surface area contributed by atoms with Gasteiger partial charge in [0.1, 0.15) is 0 Å². The van der Waals surface area contributed by atoms with Gasteiger partial charge in [0.05, 0.1) is 16.3 Å². The van der Waals surface area contributed by atoms with Crippen LogP contribution in [0.5, 0.6) is 0 Å². The van der Waals surface area contributed by atoms with E-state index in [4.69, 9.17) is 23.2 Å². The molecule has 5 heteroatoms. The van der Waals surface area contributed by atoms with Crippen LogP contribution < -0.4 is 5.43 Å². The Balaban J connectivity index is 2.12. The topological polar surface area (TPSA) is 41.5 Å². The van der Waals surface area contributed by atoms with E-state index in [9.17, 15) is 4.79 Å². The number of nitrogens with zero attached hydrogens (tertiary/aromatic N) is 1. The van der Waals surface area contributed by atoms with Crippen LogP contribution in [-0.4, -0.2) is 11.6 Å². The molecule has 0 bridgehead atoms. The van der Waals surface area contributed by atoms with Crippen LogP contribution >= 0.6 is 23.2 Å². The number of hydrogen-bond donors (Lipinski definition) is 1. The van der Waals surface area contributed by atoms with Gasteiger partial charge in [-0.3, -0.25) is 4.79 Å². The van der Waals surface area contributed by atoms with Crippen LogP contribution in [0.1, 0.15) is 28.4 Å². The first-order valence-corrected chi connectivity index (χ1v) is 7.09. The highest BCUT2D eigenvalue weighted by molar-refractivity contribution is 6.36. The molecule has 21 heavy (non-hydrogen) atoms. The molecule has 0 heterocycles. The second-order valence-corrected chi connectivity index (χ2v) is 5.47. The summed E-state index contributed by atoms with van der Waals surface area (Å²) >= 11 is 11.8. The van der Waals surface area contributed by atoms with Crippen LogP contribution in [0.3, 0.4) is 0 Å². The maximum atomic E-state index is 12.0. The second-order valence-electron chi connectivity index (χ2n) is 4.63. The van der Waals surface area contributed by atoms with Crippen molar-refractivity contribution < 1.29 is 4.79 Å². The lowest BCUT2D eigenvalue weighted by Gasteiger charge is -2.05. The Morgan fingerprint density at radius 3 is 2.38 bits per heavy atom. The molecule has 3 nitrogen and oxygen atoms in total. The molecule has 0 spiro atoms. The van der Waals surface area contributed by atoms with Crippen molar-refractivity contribution >= 4 is 34.8 Å². The van der Waals surface area contributed by atoms with Gasteiger partial charge in [0.2, 0.25) is 0 Å². The number of benzene rings is 2. The number of amides is 1. The van der Waals surface area contributed by atoms with Crippen molar-refractivity contribution in [2.45, 2.75) is 13.8 Å². The zero-order chi connectivity index (χ0) is 15.4. The standard InChI is InChI=1S/C16H14Cl2N2O/c1-10-3-5-12(6-4-10)11(2)19-20-16(21)14-8-7-13(17)9-15(14)18/h3-9H,1-2H3,(H,20,21). The van der Waals surface area contributed by atoms with E-state index in [-0.39, 0.29) is 5.91 Å². The third-order valence-corrected chi connectivity index (χ3v) is 3.52. The summed E-state index contributed by atoms with van der Waals surface area (Å²) in [5.74, 6) is -0.372. The van der Waals surface area contributed by atoms with Crippen molar-refractivity contribution in [3.8, 4) is 0 Å². The van der Waals surface area contributed by atoms with E-state index in [2.05, 4.69) is 10.5 Å². The Bertz CT molecular complexity index is 694. The highest BCUT2D eigenvalue weighted by atomic mass is 35.5. The summed E-state index contributed by atoms with van der Waals surface area (Å²) in [6, 6.07) is 12.6. The van der Waals surface area contributed by atoms with Crippen molar-refractivity contribution in [1.29, 1.82) is 0 Å². The quantitative estimate of drug-likeness (QED) is 0.658. The van der Waals surface area contributed by atoms with E-state index in [0.29, 0.717) is 21.3 Å². The largest absolute Gasteiger partial charge is 0.272 e. The minimum atomic E-state index is -0.372. The molecule has 2 aromatic rings. The summed E-state index contributed by atoms with van der Waals surface area (Å²) in [7, 11) is 0. The van der Waals surface area contributed by atoms with Crippen LogP contribution in [0.25, 0.3) is 0 Å². The monoisotopic (exact) mass is 320 g/mol. The molecule has 0 aliphatic rings. The highest BCUT2D eigenvalue weighted by Crippen LogP contribution is 2.20. The molecule has 108 valence electrons. The summed E-state index contributed by atoms with van der Waals surface area (Å²) in [4.78, 5) is 12.0. The molecule has 0 aliphatic carbocycles. The molecular formula is C16H14Cl2N2O. The first-order chi connectivity index (χ1) is 9.97. The fourth-order valence-corrected chi connectivity index (χ4v) is 2.22. The Morgan fingerprint density at radius 2 is 1.76 bits per heavy atom. The molecule has 1 N–H and O–H groups in total. The van der Waals surface area contributed by atoms with E-state index in [0.717, 1.165) is 5.56 Å². The molecule has 0 saturated heterocycles. The van der Waals surface area contributed by atoms with Gasteiger partial charge >= 0.3 is 0 Å². The van der Waals surface area contributed by atoms with Crippen LogP contribution in [0.4, 0.5) is 0 Å².